The molecule has 3 nitrogen and oxygen atoms in total. The normalized spacial score (nSPS) is 12.2. The summed E-state index contributed by atoms with van der Waals surface area (Å²) in [5, 5.41) is 7.02. The molecule has 0 bridgehead atoms. The van der Waals surface area contributed by atoms with Gasteiger partial charge in [0.25, 0.3) is 0 Å². The Labute approximate surface area is 190 Å². The third-order valence-electron chi connectivity index (χ3n) is 5.32. The van der Waals surface area contributed by atoms with Gasteiger partial charge < -0.3 is 10.6 Å². The third-order valence-corrected chi connectivity index (χ3v) is 5.54. The first-order valence-corrected chi connectivity index (χ1v) is 10.9. The lowest BCUT2D eigenvalue weighted by Crippen LogP contribution is -2.30. The number of rotatable bonds is 5. The predicted molar refractivity (Wildman–Crippen MR) is 134 cm³/mol. The van der Waals surface area contributed by atoms with Gasteiger partial charge in [0.1, 0.15) is 0 Å². The second kappa shape index (κ2) is 9.44. The van der Waals surface area contributed by atoms with Gasteiger partial charge in [-0.1, -0.05) is 87.0 Å². The van der Waals surface area contributed by atoms with E-state index in [4.69, 9.17) is 12.2 Å². The molecule has 1 atom stereocenters. The molecule has 0 aliphatic heterocycles. The Kier molecular flexibility index (Phi) is 6.91. The van der Waals surface area contributed by atoms with Crippen molar-refractivity contribution < 1.29 is 4.79 Å². The lowest BCUT2D eigenvalue weighted by Gasteiger charge is -2.19. The minimum absolute atomic E-state index is 0.00369. The summed E-state index contributed by atoms with van der Waals surface area (Å²) >= 11 is 5.48. The fourth-order valence-corrected chi connectivity index (χ4v) is 3.62. The Bertz CT molecular complexity index is 1060. The van der Waals surface area contributed by atoms with Gasteiger partial charge >= 0.3 is 0 Å². The number of carbonyl (C=O) groups is 1. The molecule has 0 saturated carbocycles. The summed E-state index contributed by atoms with van der Waals surface area (Å²) in [6.07, 6.45) is 0. The highest BCUT2D eigenvalue weighted by molar-refractivity contribution is 7.80. The monoisotopic (exact) mass is 430 g/mol. The third kappa shape index (κ3) is 6.02. The average Bonchev–Trinajstić information content (AvgIpc) is 2.73. The van der Waals surface area contributed by atoms with E-state index >= 15 is 0 Å². The van der Waals surface area contributed by atoms with E-state index in [1.807, 2.05) is 48.5 Å². The summed E-state index contributed by atoms with van der Waals surface area (Å²) in [4.78, 5) is 13.0. The summed E-state index contributed by atoms with van der Waals surface area (Å²) in [5.74, 6) is -0.00369. The first kappa shape index (κ1) is 22.7. The van der Waals surface area contributed by atoms with Gasteiger partial charge in [-0.3, -0.25) is 4.79 Å². The van der Waals surface area contributed by atoms with Crippen LogP contribution in [0.5, 0.6) is 0 Å². The second-order valence-electron chi connectivity index (χ2n) is 8.97. The van der Waals surface area contributed by atoms with Gasteiger partial charge in [-0.25, -0.2) is 0 Å². The van der Waals surface area contributed by atoms with Crippen molar-refractivity contribution in [1.82, 2.24) is 5.32 Å². The highest BCUT2D eigenvalue weighted by Gasteiger charge is 2.15. The Morgan fingerprint density at radius 2 is 1.55 bits per heavy atom. The number of nitrogens with one attached hydrogen (secondary N) is 2. The number of hydrogen-bond acceptors (Lipinski definition) is 2. The molecule has 0 fully saturated rings. The molecule has 3 rings (SSSR count). The summed E-state index contributed by atoms with van der Waals surface area (Å²) in [5.41, 5.74) is 5.75. The van der Waals surface area contributed by atoms with Gasteiger partial charge in [0.05, 0.1) is 6.04 Å². The number of carbonyl (C=O) groups excluding carboxylic acids is 1. The zero-order chi connectivity index (χ0) is 22.6. The molecular formula is C27H30N2OS. The molecule has 0 amide bonds. The van der Waals surface area contributed by atoms with E-state index in [-0.39, 0.29) is 17.2 Å². The van der Waals surface area contributed by atoms with E-state index < -0.39 is 0 Å². The number of anilines is 1. The zero-order valence-corrected chi connectivity index (χ0v) is 19.6. The average molecular weight is 431 g/mol. The van der Waals surface area contributed by atoms with Crippen LogP contribution >= 0.6 is 12.2 Å². The van der Waals surface area contributed by atoms with Crippen molar-refractivity contribution in [2.75, 3.05) is 5.32 Å². The largest absolute Gasteiger partial charge is 0.356 e. The van der Waals surface area contributed by atoms with E-state index in [0.29, 0.717) is 16.2 Å². The smallest absolute Gasteiger partial charge is 0.193 e. The van der Waals surface area contributed by atoms with Gasteiger partial charge in [-0.05, 0) is 54.7 Å². The lowest BCUT2D eigenvalue weighted by atomic mass is 9.86. The Hall–Kier alpha value is -2.98. The molecule has 31 heavy (non-hydrogen) atoms. The topological polar surface area (TPSA) is 41.1 Å². The predicted octanol–water partition coefficient (Wildman–Crippen LogP) is 6.57. The summed E-state index contributed by atoms with van der Waals surface area (Å²) in [7, 11) is 0. The van der Waals surface area contributed by atoms with Crippen LogP contribution in [0.15, 0.2) is 72.8 Å². The maximum atomic E-state index is 13.0. The quantitative estimate of drug-likeness (QED) is 0.355. The maximum absolute atomic E-state index is 13.0. The van der Waals surface area contributed by atoms with Gasteiger partial charge in [0, 0.05) is 16.8 Å². The van der Waals surface area contributed by atoms with Gasteiger partial charge in [-0.15, -0.1) is 0 Å². The molecule has 4 heteroatoms. The number of hydrogen-bond donors (Lipinski definition) is 2. The van der Waals surface area contributed by atoms with Gasteiger partial charge in [0.15, 0.2) is 10.9 Å². The van der Waals surface area contributed by atoms with Crippen LogP contribution in [0.1, 0.15) is 66.3 Å². The second-order valence-corrected chi connectivity index (χ2v) is 9.38. The van der Waals surface area contributed by atoms with E-state index in [9.17, 15) is 4.79 Å². The van der Waals surface area contributed by atoms with Crippen LogP contribution in [0.25, 0.3) is 0 Å². The molecule has 0 unspecified atom stereocenters. The van der Waals surface area contributed by atoms with Crippen LogP contribution in [-0.2, 0) is 5.41 Å². The minimum atomic E-state index is -0.00369. The van der Waals surface area contributed by atoms with E-state index in [1.54, 1.807) is 0 Å². The maximum Gasteiger partial charge on any atom is 0.193 e. The molecule has 160 valence electrons. The van der Waals surface area contributed by atoms with Crippen LogP contribution in [-0.4, -0.2) is 10.9 Å². The molecule has 0 aliphatic rings. The van der Waals surface area contributed by atoms with Crippen molar-refractivity contribution in [3.8, 4) is 0 Å². The van der Waals surface area contributed by atoms with Crippen molar-refractivity contribution in [1.29, 1.82) is 0 Å². The minimum Gasteiger partial charge on any atom is -0.356 e. The molecule has 0 heterocycles. The molecule has 0 spiro atoms. The fraction of sp³-hybridized carbons (Fsp3) is 0.259. The number of benzene rings is 3. The fourth-order valence-electron chi connectivity index (χ4n) is 3.33. The van der Waals surface area contributed by atoms with Gasteiger partial charge in [-0.2, -0.15) is 0 Å². The van der Waals surface area contributed by atoms with E-state index in [2.05, 4.69) is 69.5 Å². The van der Waals surface area contributed by atoms with Crippen LogP contribution in [0.2, 0.25) is 0 Å². The number of aryl methyl sites for hydroxylation is 1. The Morgan fingerprint density at radius 1 is 0.903 bits per heavy atom. The number of ketones is 1. The molecule has 0 aromatic heterocycles. The molecule has 2 N–H and O–H groups in total. The van der Waals surface area contributed by atoms with Crippen LogP contribution in [0.4, 0.5) is 5.69 Å². The standard InChI is InChI=1S/C27H30N2OS/c1-18-9-11-20(12-10-18)19(2)28-26(31)29-24-8-6-7-22(17-24)25(30)21-13-15-23(16-14-21)27(3,4)5/h6-17,19H,1-5H3,(H2,28,29,31)/t19-/m0/s1. The van der Waals surface area contributed by atoms with Gasteiger partial charge in [0.2, 0.25) is 0 Å². The first-order valence-electron chi connectivity index (χ1n) is 10.5. The van der Waals surface area contributed by atoms with E-state index in [1.165, 1.54) is 11.1 Å². The summed E-state index contributed by atoms with van der Waals surface area (Å²) in [6, 6.07) is 23.8. The Morgan fingerprint density at radius 3 is 2.16 bits per heavy atom. The summed E-state index contributed by atoms with van der Waals surface area (Å²) < 4.78 is 0. The SMILES string of the molecule is Cc1ccc([C@H](C)NC(=S)Nc2cccc(C(=O)c3ccc(C(C)(C)C)cc3)c2)cc1. The number of thiocarbonyl (C=S) groups is 1. The van der Waals surface area contributed by atoms with E-state index in [0.717, 1.165) is 11.3 Å². The lowest BCUT2D eigenvalue weighted by molar-refractivity contribution is 0.103. The van der Waals surface area contributed by atoms with Crippen molar-refractivity contribution in [3.63, 3.8) is 0 Å². The first-order chi connectivity index (χ1) is 14.6. The molecule has 3 aromatic carbocycles. The van der Waals surface area contributed by atoms with Crippen molar-refractivity contribution in [2.45, 2.75) is 46.1 Å². The molecule has 0 saturated heterocycles. The molecule has 3 aromatic rings. The van der Waals surface area contributed by atoms with Crippen LogP contribution in [0.3, 0.4) is 0 Å². The highest BCUT2D eigenvalue weighted by Crippen LogP contribution is 2.23. The molecular weight excluding hydrogens is 400 g/mol. The molecule has 0 aliphatic carbocycles. The highest BCUT2D eigenvalue weighted by atomic mass is 32.1. The molecule has 0 radical (unpaired) electrons. The van der Waals surface area contributed by atoms with Crippen LogP contribution in [0, 0.1) is 6.92 Å². The van der Waals surface area contributed by atoms with Crippen molar-refractivity contribution in [2.24, 2.45) is 0 Å². The summed E-state index contributed by atoms with van der Waals surface area (Å²) in [6.45, 7) is 10.6. The van der Waals surface area contributed by atoms with Crippen LogP contribution < -0.4 is 10.6 Å². The van der Waals surface area contributed by atoms with Crippen molar-refractivity contribution in [3.05, 3.63) is 101 Å². The van der Waals surface area contributed by atoms with Crippen molar-refractivity contribution >= 4 is 28.8 Å². The zero-order valence-electron chi connectivity index (χ0n) is 18.8. The Balaban J connectivity index is 1.67.